The van der Waals surface area contributed by atoms with Gasteiger partial charge in [-0.1, -0.05) is 55.3 Å². The average Bonchev–Trinajstić information content (AvgIpc) is 3.53. The molecule has 2 aromatic rings. The molecule has 1 aliphatic heterocycles. The number of benzene rings is 2. The number of nitrogens with one attached hydrogen (secondary N) is 3. The summed E-state index contributed by atoms with van der Waals surface area (Å²) in [6.07, 6.45) is 7.15. The molecule has 2 amide bonds. The van der Waals surface area contributed by atoms with E-state index >= 15 is 0 Å². The zero-order valence-electron chi connectivity index (χ0n) is 19.5. The van der Waals surface area contributed by atoms with Gasteiger partial charge in [0.2, 0.25) is 0 Å². The SMILES string of the molecule is CN=C(NCc1cccc(NC(=O)N2CCCC2)c1)NCC1(c2ccccc2)CCCC1.I. The first-order chi connectivity index (χ1) is 15.7. The smallest absolute Gasteiger partial charge is 0.321 e. The Labute approximate surface area is 214 Å². The van der Waals surface area contributed by atoms with E-state index in [9.17, 15) is 4.79 Å². The first-order valence-corrected chi connectivity index (χ1v) is 11.8. The van der Waals surface area contributed by atoms with Gasteiger partial charge in [-0.3, -0.25) is 4.99 Å². The second kappa shape index (κ2) is 12.3. The Bertz CT molecular complexity index is 921. The van der Waals surface area contributed by atoms with Crippen LogP contribution in [-0.4, -0.2) is 43.6 Å². The maximum atomic E-state index is 12.4. The Hall–Kier alpha value is -2.29. The van der Waals surface area contributed by atoms with E-state index < -0.39 is 0 Å². The summed E-state index contributed by atoms with van der Waals surface area (Å²) in [6.45, 7) is 3.22. The molecule has 0 bridgehead atoms. The standard InChI is InChI=1S/C26H35N5O.HI/c1-27-24(29-20-26(14-5-6-15-26)22-11-3-2-4-12-22)28-19-21-10-9-13-23(18-21)30-25(32)31-16-7-8-17-31;/h2-4,9-13,18H,5-8,14-17,19-20H2,1H3,(H,30,32)(H2,27,28,29);1H. The van der Waals surface area contributed by atoms with Crippen molar-refractivity contribution in [3.05, 3.63) is 65.7 Å². The van der Waals surface area contributed by atoms with Gasteiger partial charge >= 0.3 is 6.03 Å². The number of hydrogen-bond acceptors (Lipinski definition) is 2. The molecular weight excluding hydrogens is 525 g/mol. The van der Waals surface area contributed by atoms with Crippen LogP contribution < -0.4 is 16.0 Å². The van der Waals surface area contributed by atoms with Crippen LogP contribution >= 0.6 is 24.0 Å². The van der Waals surface area contributed by atoms with Gasteiger partial charge in [0.05, 0.1) is 0 Å². The van der Waals surface area contributed by atoms with Crippen molar-refractivity contribution in [2.75, 3.05) is 32.0 Å². The summed E-state index contributed by atoms with van der Waals surface area (Å²) in [6, 6.07) is 18.9. The number of nitrogens with zero attached hydrogens (tertiary/aromatic N) is 2. The minimum absolute atomic E-state index is 0. The van der Waals surface area contributed by atoms with E-state index in [1.165, 1.54) is 31.2 Å². The molecule has 7 heteroatoms. The number of hydrogen-bond donors (Lipinski definition) is 3. The van der Waals surface area contributed by atoms with Crippen molar-refractivity contribution in [2.24, 2.45) is 4.99 Å². The molecule has 0 unspecified atom stereocenters. The maximum absolute atomic E-state index is 12.4. The minimum Gasteiger partial charge on any atom is -0.356 e. The molecule has 0 spiro atoms. The molecule has 1 heterocycles. The highest BCUT2D eigenvalue weighted by Crippen LogP contribution is 2.40. The lowest BCUT2D eigenvalue weighted by molar-refractivity contribution is 0.222. The normalized spacial score (nSPS) is 17.4. The molecule has 0 radical (unpaired) electrons. The molecule has 1 saturated heterocycles. The summed E-state index contributed by atoms with van der Waals surface area (Å²) in [7, 11) is 1.81. The van der Waals surface area contributed by atoms with Crippen LogP contribution in [0.1, 0.15) is 49.7 Å². The molecule has 1 aliphatic carbocycles. The lowest BCUT2D eigenvalue weighted by Crippen LogP contribution is -2.44. The topological polar surface area (TPSA) is 68.8 Å². The van der Waals surface area contributed by atoms with Crippen molar-refractivity contribution < 1.29 is 4.79 Å². The molecular formula is C26H36IN5O. The average molecular weight is 562 g/mol. The Morgan fingerprint density at radius 3 is 2.39 bits per heavy atom. The summed E-state index contributed by atoms with van der Waals surface area (Å²) in [5.74, 6) is 0.804. The first kappa shape index (κ1) is 25.3. The molecule has 4 rings (SSSR count). The zero-order valence-corrected chi connectivity index (χ0v) is 21.8. The lowest BCUT2D eigenvalue weighted by Gasteiger charge is -2.30. The number of aliphatic imine (C=N–C) groups is 1. The van der Waals surface area contributed by atoms with E-state index in [1.54, 1.807) is 0 Å². The van der Waals surface area contributed by atoms with E-state index in [0.29, 0.717) is 6.54 Å². The maximum Gasteiger partial charge on any atom is 0.321 e. The third-order valence-electron chi connectivity index (χ3n) is 6.80. The monoisotopic (exact) mass is 561 g/mol. The van der Waals surface area contributed by atoms with Crippen LogP contribution in [0.15, 0.2) is 59.6 Å². The molecule has 178 valence electrons. The highest BCUT2D eigenvalue weighted by Gasteiger charge is 2.35. The molecule has 2 aliphatic rings. The van der Waals surface area contributed by atoms with Crippen LogP contribution in [0.2, 0.25) is 0 Å². The van der Waals surface area contributed by atoms with E-state index in [0.717, 1.165) is 49.7 Å². The summed E-state index contributed by atoms with van der Waals surface area (Å²) in [4.78, 5) is 18.7. The largest absolute Gasteiger partial charge is 0.356 e. The number of likely N-dealkylation sites (tertiary alicyclic amines) is 1. The number of amides is 2. The van der Waals surface area contributed by atoms with Gasteiger partial charge in [-0.05, 0) is 48.9 Å². The van der Waals surface area contributed by atoms with Crippen molar-refractivity contribution in [1.82, 2.24) is 15.5 Å². The zero-order chi connectivity index (χ0) is 22.2. The number of carbonyl (C=O) groups is 1. The number of rotatable bonds is 6. The Morgan fingerprint density at radius 2 is 1.70 bits per heavy atom. The second-order valence-electron chi connectivity index (χ2n) is 8.96. The summed E-state index contributed by atoms with van der Waals surface area (Å²) in [5.41, 5.74) is 3.53. The highest BCUT2D eigenvalue weighted by atomic mass is 127. The molecule has 1 saturated carbocycles. The molecule has 33 heavy (non-hydrogen) atoms. The van der Waals surface area contributed by atoms with Gasteiger partial charge in [0.25, 0.3) is 0 Å². The van der Waals surface area contributed by atoms with Gasteiger partial charge in [-0.25, -0.2) is 4.79 Å². The van der Waals surface area contributed by atoms with Crippen LogP contribution in [0.25, 0.3) is 0 Å². The fourth-order valence-corrected chi connectivity index (χ4v) is 4.95. The quantitative estimate of drug-likeness (QED) is 0.261. The lowest BCUT2D eigenvalue weighted by atomic mass is 9.79. The minimum atomic E-state index is -0.00661. The van der Waals surface area contributed by atoms with E-state index in [-0.39, 0.29) is 35.4 Å². The molecule has 0 atom stereocenters. The summed E-state index contributed by atoms with van der Waals surface area (Å²) in [5, 5.41) is 10.0. The summed E-state index contributed by atoms with van der Waals surface area (Å²) >= 11 is 0. The molecule has 3 N–H and O–H groups in total. The van der Waals surface area contributed by atoms with Crippen molar-refractivity contribution >= 4 is 41.7 Å². The van der Waals surface area contributed by atoms with Crippen LogP contribution in [0, 0.1) is 0 Å². The molecule has 2 fully saturated rings. The number of anilines is 1. The fourth-order valence-electron chi connectivity index (χ4n) is 4.95. The number of guanidine groups is 1. The van der Waals surface area contributed by atoms with Crippen LogP contribution in [0.4, 0.5) is 10.5 Å². The van der Waals surface area contributed by atoms with Crippen molar-refractivity contribution in [1.29, 1.82) is 0 Å². The van der Waals surface area contributed by atoms with Crippen LogP contribution in [0.5, 0.6) is 0 Å². The van der Waals surface area contributed by atoms with Gasteiger partial charge in [0.1, 0.15) is 0 Å². The van der Waals surface area contributed by atoms with Gasteiger partial charge < -0.3 is 20.9 Å². The van der Waals surface area contributed by atoms with Gasteiger partial charge in [0.15, 0.2) is 5.96 Å². The number of urea groups is 1. The third-order valence-corrected chi connectivity index (χ3v) is 6.80. The predicted octanol–water partition coefficient (Wildman–Crippen LogP) is 5.11. The third kappa shape index (κ3) is 6.62. The summed E-state index contributed by atoms with van der Waals surface area (Å²) < 4.78 is 0. The fraction of sp³-hybridized carbons (Fsp3) is 0.462. The Balaban J connectivity index is 0.00000306. The van der Waals surface area contributed by atoms with Crippen molar-refractivity contribution in [3.63, 3.8) is 0 Å². The van der Waals surface area contributed by atoms with Gasteiger partial charge in [-0.2, -0.15) is 0 Å². The van der Waals surface area contributed by atoms with E-state index in [1.807, 2.05) is 30.1 Å². The van der Waals surface area contributed by atoms with Crippen molar-refractivity contribution in [3.8, 4) is 0 Å². The predicted molar refractivity (Wildman–Crippen MR) is 146 cm³/mol. The number of carbonyl (C=O) groups excluding carboxylic acids is 1. The van der Waals surface area contributed by atoms with E-state index in [2.05, 4.69) is 57.3 Å². The van der Waals surface area contributed by atoms with Gasteiger partial charge in [0, 0.05) is 44.3 Å². The highest BCUT2D eigenvalue weighted by molar-refractivity contribution is 14.0. The Morgan fingerprint density at radius 1 is 0.970 bits per heavy atom. The number of halogens is 1. The molecule has 0 aromatic heterocycles. The molecule has 6 nitrogen and oxygen atoms in total. The molecule has 2 aromatic carbocycles. The van der Waals surface area contributed by atoms with Crippen molar-refractivity contribution in [2.45, 2.75) is 50.5 Å². The Kier molecular flexibility index (Phi) is 9.41. The van der Waals surface area contributed by atoms with Crippen LogP contribution in [0.3, 0.4) is 0 Å². The van der Waals surface area contributed by atoms with Crippen LogP contribution in [-0.2, 0) is 12.0 Å². The van der Waals surface area contributed by atoms with E-state index in [4.69, 9.17) is 0 Å². The second-order valence-corrected chi connectivity index (χ2v) is 8.96. The first-order valence-electron chi connectivity index (χ1n) is 11.8. The van der Waals surface area contributed by atoms with Gasteiger partial charge in [-0.15, -0.1) is 24.0 Å².